The SMILES string of the molecule is O=S(=O)(NC1CCN(c2ncccn2)CC1)c1ccc(F)c(Cl)c1. The summed E-state index contributed by atoms with van der Waals surface area (Å²) in [5.41, 5.74) is 0. The Labute approximate surface area is 144 Å². The quantitative estimate of drug-likeness (QED) is 0.893. The Morgan fingerprint density at radius 3 is 2.50 bits per heavy atom. The van der Waals surface area contributed by atoms with Crippen LogP contribution in [0.5, 0.6) is 0 Å². The van der Waals surface area contributed by atoms with Gasteiger partial charge in [-0.15, -0.1) is 0 Å². The monoisotopic (exact) mass is 370 g/mol. The summed E-state index contributed by atoms with van der Waals surface area (Å²) in [5.74, 6) is -0.00379. The van der Waals surface area contributed by atoms with Crippen LogP contribution in [0.2, 0.25) is 5.02 Å². The lowest BCUT2D eigenvalue weighted by atomic mass is 10.1. The number of halogens is 2. The number of nitrogens with zero attached hydrogens (tertiary/aromatic N) is 3. The Hall–Kier alpha value is -1.77. The fourth-order valence-corrected chi connectivity index (χ4v) is 4.16. The number of anilines is 1. The standard InChI is InChI=1S/C15H16ClFN4O2S/c16-13-10-12(2-3-14(13)17)24(22,23)20-11-4-8-21(9-5-11)15-18-6-1-7-19-15/h1-3,6-7,10-11,20H,4-5,8-9H2. The second-order valence-electron chi connectivity index (χ2n) is 5.51. The fourth-order valence-electron chi connectivity index (χ4n) is 2.58. The van der Waals surface area contributed by atoms with Gasteiger partial charge in [0.05, 0.1) is 9.92 Å². The third-order valence-corrected chi connectivity index (χ3v) is 5.66. The van der Waals surface area contributed by atoms with Crippen molar-refractivity contribution in [3.8, 4) is 0 Å². The zero-order valence-corrected chi connectivity index (χ0v) is 14.3. The molecule has 0 amide bonds. The first-order valence-corrected chi connectivity index (χ1v) is 9.31. The summed E-state index contributed by atoms with van der Waals surface area (Å²) in [7, 11) is -3.73. The van der Waals surface area contributed by atoms with Crippen LogP contribution in [0.4, 0.5) is 10.3 Å². The van der Waals surface area contributed by atoms with E-state index < -0.39 is 15.8 Å². The molecule has 6 nitrogen and oxygen atoms in total. The lowest BCUT2D eigenvalue weighted by molar-refractivity contribution is 0.456. The highest BCUT2D eigenvalue weighted by molar-refractivity contribution is 7.89. The molecule has 1 saturated heterocycles. The molecule has 1 fully saturated rings. The Kier molecular flexibility index (Phi) is 4.98. The molecule has 1 aromatic carbocycles. The minimum atomic E-state index is -3.73. The molecule has 1 aliphatic heterocycles. The predicted octanol–water partition coefficient (Wildman–Crippen LogP) is 2.22. The topological polar surface area (TPSA) is 75.2 Å². The van der Waals surface area contributed by atoms with Crippen LogP contribution in [0.15, 0.2) is 41.6 Å². The lowest BCUT2D eigenvalue weighted by Crippen LogP contribution is -2.45. The molecule has 1 aromatic heterocycles. The minimum Gasteiger partial charge on any atom is -0.341 e. The van der Waals surface area contributed by atoms with E-state index in [2.05, 4.69) is 14.7 Å². The van der Waals surface area contributed by atoms with Gasteiger partial charge in [-0.05, 0) is 37.1 Å². The van der Waals surface area contributed by atoms with Crippen LogP contribution in [0.1, 0.15) is 12.8 Å². The molecule has 1 aliphatic rings. The summed E-state index contributed by atoms with van der Waals surface area (Å²) < 4.78 is 40.6. The molecule has 3 rings (SSSR count). The molecule has 0 radical (unpaired) electrons. The smallest absolute Gasteiger partial charge is 0.240 e. The van der Waals surface area contributed by atoms with Crippen molar-refractivity contribution in [1.82, 2.24) is 14.7 Å². The van der Waals surface area contributed by atoms with Crippen LogP contribution >= 0.6 is 11.6 Å². The van der Waals surface area contributed by atoms with Crippen molar-refractivity contribution >= 4 is 27.6 Å². The minimum absolute atomic E-state index is 0.0391. The van der Waals surface area contributed by atoms with Crippen LogP contribution in [0.25, 0.3) is 0 Å². The molecule has 128 valence electrons. The van der Waals surface area contributed by atoms with E-state index in [0.29, 0.717) is 31.9 Å². The maximum absolute atomic E-state index is 13.2. The second-order valence-corrected chi connectivity index (χ2v) is 7.63. The van der Waals surface area contributed by atoms with Gasteiger partial charge in [-0.3, -0.25) is 0 Å². The number of nitrogens with one attached hydrogen (secondary N) is 1. The molecule has 9 heteroatoms. The first-order chi connectivity index (χ1) is 11.5. The first kappa shape index (κ1) is 17.1. The van der Waals surface area contributed by atoms with Gasteiger partial charge in [0.25, 0.3) is 0 Å². The summed E-state index contributed by atoms with van der Waals surface area (Å²) in [6, 6.07) is 4.92. The summed E-state index contributed by atoms with van der Waals surface area (Å²) in [4.78, 5) is 10.4. The zero-order chi connectivity index (χ0) is 17.2. The number of hydrogen-bond acceptors (Lipinski definition) is 5. The molecule has 0 spiro atoms. The van der Waals surface area contributed by atoms with Crippen molar-refractivity contribution < 1.29 is 12.8 Å². The highest BCUT2D eigenvalue weighted by Gasteiger charge is 2.26. The van der Waals surface area contributed by atoms with E-state index in [4.69, 9.17) is 11.6 Å². The van der Waals surface area contributed by atoms with Crippen molar-refractivity contribution in [1.29, 1.82) is 0 Å². The van der Waals surface area contributed by atoms with E-state index in [1.807, 2.05) is 4.90 Å². The number of piperidine rings is 1. The molecule has 0 unspecified atom stereocenters. The van der Waals surface area contributed by atoms with Crippen molar-refractivity contribution in [3.63, 3.8) is 0 Å². The summed E-state index contributed by atoms with van der Waals surface area (Å²) in [6.07, 6.45) is 4.61. The van der Waals surface area contributed by atoms with Gasteiger partial charge in [0.15, 0.2) is 0 Å². The number of aromatic nitrogens is 2. The van der Waals surface area contributed by atoms with Crippen LogP contribution in [0, 0.1) is 5.82 Å². The largest absolute Gasteiger partial charge is 0.341 e. The van der Waals surface area contributed by atoms with Crippen LogP contribution in [-0.4, -0.2) is 37.5 Å². The van der Waals surface area contributed by atoms with Gasteiger partial charge in [0.1, 0.15) is 5.82 Å². The summed E-state index contributed by atoms with van der Waals surface area (Å²) in [6.45, 7) is 1.31. The molecular weight excluding hydrogens is 355 g/mol. The number of hydrogen-bond donors (Lipinski definition) is 1. The van der Waals surface area contributed by atoms with Crippen molar-refractivity contribution in [2.45, 2.75) is 23.8 Å². The van der Waals surface area contributed by atoms with E-state index in [1.54, 1.807) is 18.5 Å². The highest BCUT2D eigenvalue weighted by Crippen LogP contribution is 2.21. The van der Waals surface area contributed by atoms with Crippen molar-refractivity contribution in [2.24, 2.45) is 0 Å². The average Bonchev–Trinajstić information content (AvgIpc) is 2.58. The van der Waals surface area contributed by atoms with Crippen LogP contribution < -0.4 is 9.62 Å². The van der Waals surface area contributed by atoms with E-state index in [1.165, 1.54) is 6.07 Å². The van der Waals surface area contributed by atoms with Gasteiger partial charge in [0, 0.05) is 31.5 Å². The Morgan fingerprint density at radius 2 is 1.88 bits per heavy atom. The van der Waals surface area contributed by atoms with Crippen molar-refractivity contribution in [2.75, 3.05) is 18.0 Å². The predicted molar refractivity (Wildman–Crippen MR) is 89.0 cm³/mol. The molecule has 0 aliphatic carbocycles. The van der Waals surface area contributed by atoms with E-state index in [9.17, 15) is 12.8 Å². The lowest BCUT2D eigenvalue weighted by Gasteiger charge is -2.32. The molecular formula is C15H16ClFN4O2S. The zero-order valence-electron chi connectivity index (χ0n) is 12.7. The number of benzene rings is 1. The first-order valence-electron chi connectivity index (χ1n) is 7.45. The fraction of sp³-hybridized carbons (Fsp3) is 0.333. The number of sulfonamides is 1. The molecule has 0 saturated carbocycles. The maximum atomic E-state index is 13.2. The normalized spacial score (nSPS) is 16.3. The van der Waals surface area contributed by atoms with Crippen LogP contribution in [-0.2, 0) is 10.0 Å². The van der Waals surface area contributed by atoms with Crippen LogP contribution in [0.3, 0.4) is 0 Å². The molecule has 2 aromatic rings. The van der Waals surface area contributed by atoms with Gasteiger partial charge < -0.3 is 4.90 Å². The van der Waals surface area contributed by atoms with Gasteiger partial charge in [0.2, 0.25) is 16.0 Å². The molecule has 0 bridgehead atoms. The Balaban J connectivity index is 1.64. The Bertz CT molecular complexity index is 811. The highest BCUT2D eigenvalue weighted by atomic mass is 35.5. The average molecular weight is 371 g/mol. The number of rotatable bonds is 4. The second kappa shape index (κ2) is 7.00. The molecule has 1 N–H and O–H groups in total. The van der Waals surface area contributed by atoms with Gasteiger partial charge in [-0.25, -0.2) is 27.5 Å². The van der Waals surface area contributed by atoms with Gasteiger partial charge in [-0.2, -0.15) is 0 Å². The molecule has 24 heavy (non-hydrogen) atoms. The van der Waals surface area contributed by atoms with E-state index >= 15 is 0 Å². The van der Waals surface area contributed by atoms with Crippen molar-refractivity contribution in [3.05, 3.63) is 47.5 Å². The molecule has 0 atom stereocenters. The van der Waals surface area contributed by atoms with Gasteiger partial charge >= 0.3 is 0 Å². The summed E-state index contributed by atoms with van der Waals surface area (Å²) in [5, 5.41) is -0.214. The molecule has 2 heterocycles. The van der Waals surface area contributed by atoms with Gasteiger partial charge in [-0.1, -0.05) is 11.6 Å². The van der Waals surface area contributed by atoms with E-state index in [-0.39, 0.29) is 16.0 Å². The maximum Gasteiger partial charge on any atom is 0.240 e. The third kappa shape index (κ3) is 3.82. The van der Waals surface area contributed by atoms with E-state index in [0.717, 1.165) is 12.1 Å². The summed E-state index contributed by atoms with van der Waals surface area (Å²) >= 11 is 5.66. The third-order valence-electron chi connectivity index (χ3n) is 3.85. The Morgan fingerprint density at radius 1 is 1.21 bits per heavy atom.